The largest absolute Gasteiger partial charge is 0.353 e. The van der Waals surface area contributed by atoms with Crippen LogP contribution in [0.4, 0.5) is 0 Å². The quantitative estimate of drug-likeness (QED) is 0.527. The molecular weight excluding hydrogens is 444 g/mol. The second kappa shape index (κ2) is 10.9. The second-order valence-corrected chi connectivity index (χ2v) is 10.2. The van der Waals surface area contributed by atoms with Gasteiger partial charge in [-0.05, 0) is 52.5 Å². The Morgan fingerprint density at radius 1 is 1.19 bits per heavy atom. The van der Waals surface area contributed by atoms with E-state index in [1.807, 2.05) is 45.0 Å². The van der Waals surface area contributed by atoms with Crippen LogP contribution in [0, 0.1) is 12.8 Å². The number of thiophene rings is 1. The summed E-state index contributed by atoms with van der Waals surface area (Å²) in [5.74, 6) is 1.43. The summed E-state index contributed by atoms with van der Waals surface area (Å²) in [6.45, 7) is 6.35. The number of nitrogens with one attached hydrogen (secondary N) is 2. The maximum Gasteiger partial charge on any atom is 0.252 e. The van der Waals surface area contributed by atoms with Gasteiger partial charge in [0, 0.05) is 28.5 Å². The summed E-state index contributed by atoms with van der Waals surface area (Å²) < 4.78 is 1.13. The third-order valence-corrected chi connectivity index (χ3v) is 6.86. The summed E-state index contributed by atoms with van der Waals surface area (Å²) >= 11 is 6.97. The van der Waals surface area contributed by atoms with Gasteiger partial charge in [-0.15, -0.1) is 11.3 Å². The zero-order valence-electron chi connectivity index (χ0n) is 15.8. The summed E-state index contributed by atoms with van der Waals surface area (Å²) in [5, 5.41) is 5.83. The Kier molecular flexibility index (Phi) is 8.86. The molecule has 146 valence electrons. The molecule has 1 aromatic heterocycles. The number of halogens is 1. The number of benzene rings is 1. The molecule has 1 heterocycles. The van der Waals surface area contributed by atoms with Crippen LogP contribution in [0.15, 0.2) is 40.2 Å². The number of aryl methyl sites for hydroxylation is 1. The van der Waals surface area contributed by atoms with Crippen LogP contribution in [-0.4, -0.2) is 30.2 Å². The van der Waals surface area contributed by atoms with Crippen LogP contribution in [0.3, 0.4) is 0 Å². The van der Waals surface area contributed by atoms with E-state index in [4.69, 9.17) is 0 Å². The molecule has 4 nitrogen and oxygen atoms in total. The minimum absolute atomic E-state index is 0.00842. The van der Waals surface area contributed by atoms with Gasteiger partial charge in [0.15, 0.2) is 0 Å². The van der Waals surface area contributed by atoms with Crippen molar-refractivity contribution in [3.05, 3.63) is 56.2 Å². The summed E-state index contributed by atoms with van der Waals surface area (Å²) in [5.41, 5.74) is 1.50. The molecule has 0 aliphatic carbocycles. The van der Waals surface area contributed by atoms with E-state index < -0.39 is 6.04 Å². The first kappa shape index (κ1) is 22.0. The highest BCUT2D eigenvalue weighted by atomic mass is 79.9. The van der Waals surface area contributed by atoms with Crippen molar-refractivity contribution in [1.29, 1.82) is 0 Å². The third kappa shape index (κ3) is 6.97. The zero-order valence-corrected chi connectivity index (χ0v) is 19.0. The summed E-state index contributed by atoms with van der Waals surface area (Å²) in [6, 6.07) is 11.0. The standard InChI is InChI=1S/C20H25BrN2O2S2/c1-13(2)18(23-19(24)16-7-5-4-6-14(16)3)20(25)22-10-11-26-12-15-8-9-17(21)27-15/h4-9,13,18H,10-12H2,1-3H3,(H,22,25)(H,23,24)/t18-/m0/s1. The van der Waals surface area contributed by atoms with E-state index in [0.717, 1.165) is 20.9 Å². The summed E-state index contributed by atoms with van der Waals surface area (Å²) in [4.78, 5) is 26.4. The lowest BCUT2D eigenvalue weighted by atomic mass is 10.0. The zero-order chi connectivity index (χ0) is 19.8. The fraction of sp³-hybridized carbons (Fsp3) is 0.400. The molecular formula is C20H25BrN2O2S2. The van der Waals surface area contributed by atoms with E-state index in [0.29, 0.717) is 12.1 Å². The lowest BCUT2D eigenvalue weighted by Crippen LogP contribution is -2.50. The number of hydrogen-bond donors (Lipinski definition) is 2. The lowest BCUT2D eigenvalue weighted by Gasteiger charge is -2.22. The molecule has 2 rings (SSSR count). The van der Waals surface area contributed by atoms with Crippen molar-refractivity contribution in [3.63, 3.8) is 0 Å². The molecule has 1 atom stereocenters. The topological polar surface area (TPSA) is 58.2 Å². The number of carbonyl (C=O) groups excluding carboxylic acids is 2. The second-order valence-electron chi connectivity index (χ2n) is 6.56. The van der Waals surface area contributed by atoms with Crippen LogP contribution < -0.4 is 10.6 Å². The van der Waals surface area contributed by atoms with Crippen LogP contribution in [0.25, 0.3) is 0 Å². The molecule has 2 N–H and O–H groups in total. The molecule has 1 aromatic carbocycles. The first-order valence-electron chi connectivity index (χ1n) is 8.84. The Bertz CT molecular complexity index is 777. The molecule has 2 amide bonds. The monoisotopic (exact) mass is 468 g/mol. The van der Waals surface area contributed by atoms with E-state index >= 15 is 0 Å². The summed E-state index contributed by atoms with van der Waals surface area (Å²) in [7, 11) is 0. The molecule has 2 aromatic rings. The average molecular weight is 469 g/mol. The number of rotatable bonds is 9. The molecule has 0 unspecified atom stereocenters. The Balaban J connectivity index is 1.80. The number of carbonyl (C=O) groups is 2. The third-order valence-electron chi connectivity index (χ3n) is 4.04. The van der Waals surface area contributed by atoms with Crippen molar-refractivity contribution in [2.24, 2.45) is 5.92 Å². The van der Waals surface area contributed by atoms with Gasteiger partial charge in [0.25, 0.3) is 5.91 Å². The first-order valence-corrected chi connectivity index (χ1v) is 11.6. The molecule has 7 heteroatoms. The normalized spacial score (nSPS) is 12.0. The van der Waals surface area contributed by atoms with E-state index in [1.165, 1.54) is 4.88 Å². The Labute approximate surface area is 177 Å². The highest BCUT2D eigenvalue weighted by molar-refractivity contribution is 9.11. The minimum Gasteiger partial charge on any atom is -0.353 e. The van der Waals surface area contributed by atoms with Gasteiger partial charge in [0.05, 0.1) is 3.79 Å². The number of hydrogen-bond acceptors (Lipinski definition) is 4. The fourth-order valence-electron chi connectivity index (χ4n) is 2.54. The molecule has 0 saturated heterocycles. The van der Waals surface area contributed by atoms with Gasteiger partial charge in [-0.2, -0.15) is 11.8 Å². The van der Waals surface area contributed by atoms with Crippen molar-refractivity contribution in [2.75, 3.05) is 12.3 Å². The first-order chi connectivity index (χ1) is 12.9. The van der Waals surface area contributed by atoms with Gasteiger partial charge in [-0.25, -0.2) is 0 Å². The number of thioether (sulfide) groups is 1. The molecule has 0 aliphatic heterocycles. The smallest absolute Gasteiger partial charge is 0.252 e. The predicted molar refractivity (Wildman–Crippen MR) is 118 cm³/mol. The van der Waals surface area contributed by atoms with Crippen molar-refractivity contribution < 1.29 is 9.59 Å². The van der Waals surface area contributed by atoms with E-state index in [1.54, 1.807) is 29.2 Å². The van der Waals surface area contributed by atoms with Crippen molar-refractivity contribution in [1.82, 2.24) is 10.6 Å². The van der Waals surface area contributed by atoms with Crippen molar-refractivity contribution in [3.8, 4) is 0 Å². The van der Waals surface area contributed by atoms with Gasteiger partial charge in [0.2, 0.25) is 5.91 Å². The molecule has 0 bridgehead atoms. The fourth-order valence-corrected chi connectivity index (χ4v) is 4.99. The molecule has 0 saturated carbocycles. The molecule has 0 spiro atoms. The molecule has 0 radical (unpaired) electrons. The minimum atomic E-state index is -0.546. The van der Waals surface area contributed by atoms with Crippen LogP contribution in [0.5, 0.6) is 0 Å². The van der Waals surface area contributed by atoms with Crippen LogP contribution in [0.2, 0.25) is 0 Å². The Morgan fingerprint density at radius 3 is 2.56 bits per heavy atom. The van der Waals surface area contributed by atoms with Crippen LogP contribution in [0.1, 0.15) is 34.6 Å². The van der Waals surface area contributed by atoms with E-state index in [-0.39, 0.29) is 17.7 Å². The maximum atomic E-state index is 12.5. The molecule has 27 heavy (non-hydrogen) atoms. The molecule has 0 fully saturated rings. The summed E-state index contributed by atoms with van der Waals surface area (Å²) in [6.07, 6.45) is 0. The highest BCUT2D eigenvalue weighted by Gasteiger charge is 2.24. The van der Waals surface area contributed by atoms with Gasteiger partial charge < -0.3 is 10.6 Å². The predicted octanol–water partition coefficient (Wildman–Crippen LogP) is 4.62. The van der Waals surface area contributed by atoms with Crippen LogP contribution >= 0.6 is 39.0 Å². The van der Waals surface area contributed by atoms with Gasteiger partial charge in [0.1, 0.15) is 6.04 Å². The maximum absolute atomic E-state index is 12.5. The SMILES string of the molecule is Cc1ccccc1C(=O)N[C@H](C(=O)NCCSCc1ccc(Br)s1)C(C)C. The van der Waals surface area contributed by atoms with Crippen molar-refractivity contribution >= 4 is 50.8 Å². The number of amides is 2. The Morgan fingerprint density at radius 2 is 1.93 bits per heavy atom. The van der Waals surface area contributed by atoms with Gasteiger partial charge in [-0.1, -0.05) is 32.0 Å². The van der Waals surface area contributed by atoms with E-state index in [9.17, 15) is 9.59 Å². The lowest BCUT2D eigenvalue weighted by molar-refractivity contribution is -0.123. The average Bonchev–Trinajstić information content (AvgIpc) is 3.04. The van der Waals surface area contributed by atoms with Gasteiger partial charge in [-0.3, -0.25) is 9.59 Å². The molecule has 0 aliphatic rings. The van der Waals surface area contributed by atoms with Crippen molar-refractivity contribution in [2.45, 2.75) is 32.6 Å². The highest BCUT2D eigenvalue weighted by Crippen LogP contribution is 2.25. The Hall–Kier alpha value is -1.31. The van der Waals surface area contributed by atoms with E-state index in [2.05, 4.69) is 32.6 Å². The van der Waals surface area contributed by atoms with Gasteiger partial charge >= 0.3 is 0 Å². The van der Waals surface area contributed by atoms with Crippen LogP contribution in [-0.2, 0) is 10.5 Å².